The van der Waals surface area contributed by atoms with Gasteiger partial charge in [-0.1, -0.05) is 6.07 Å². The molecule has 0 radical (unpaired) electrons. The number of halogens is 3. The average Bonchev–Trinajstić information content (AvgIpc) is 2.31. The van der Waals surface area contributed by atoms with Gasteiger partial charge in [0, 0.05) is 12.2 Å². The highest BCUT2D eigenvalue weighted by Crippen LogP contribution is 2.15. The zero-order valence-electron chi connectivity index (χ0n) is 13.0. The van der Waals surface area contributed by atoms with Crippen LogP contribution in [0.1, 0.15) is 17.5 Å². The number of aryl methyl sites for hydroxylation is 2. The number of hydrogen-bond acceptors (Lipinski definition) is 2. The standard InChI is InChI=1S/C15H22F3N3O/c1-11-7-12(2)9-13(8-11)20-14(22)19-5-4-6-21(3)10-15(16,17)18/h7-9H,4-6,10H2,1-3H3,(H2,19,20,22). The van der Waals surface area contributed by atoms with Crippen molar-refractivity contribution in [3.8, 4) is 0 Å². The van der Waals surface area contributed by atoms with Gasteiger partial charge in [0.1, 0.15) is 0 Å². The first-order chi connectivity index (χ1) is 10.2. The molecule has 1 rings (SSSR count). The van der Waals surface area contributed by atoms with Crippen LogP contribution in [0.4, 0.5) is 23.7 Å². The van der Waals surface area contributed by atoms with Crippen molar-refractivity contribution in [2.45, 2.75) is 26.4 Å². The van der Waals surface area contributed by atoms with Crippen LogP contribution in [0.3, 0.4) is 0 Å². The third-order valence-electron chi connectivity index (χ3n) is 2.93. The molecular formula is C15H22F3N3O. The lowest BCUT2D eigenvalue weighted by Crippen LogP contribution is -2.34. The Hall–Kier alpha value is -1.76. The van der Waals surface area contributed by atoms with Gasteiger partial charge in [-0.25, -0.2) is 4.79 Å². The minimum absolute atomic E-state index is 0.267. The lowest BCUT2D eigenvalue weighted by Gasteiger charge is -2.18. The van der Waals surface area contributed by atoms with Crippen molar-refractivity contribution in [2.75, 3.05) is 32.0 Å². The van der Waals surface area contributed by atoms with Crippen molar-refractivity contribution in [3.63, 3.8) is 0 Å². The Labute approximate surface area is 128 Å². The number of carbonyl (C=O) groups excluding carboxylic acids is 1. The molecule has 1 aromatic carbocycles. The van der Waals surface area contributed by atoms with E-state index in [0.29, 0.717) is 18.7 Å². The maximum absolute atomic E-state index is 12.1. The van der Waals surface area contributed by atoms with E-state index < -0.39 is 12.7 Å². The lowest BCUT2D eigenvalue weighted by atomic mass is 10.1. The van der Waals surface area contributed by atoms with Crippen molar-refractivity contribution in [1.82, 2.24) is 10.2 Å². The molecule has 0 unspecified atom stereocenters. The van der Waals surface area contributed by atoms with Gasteiger partial charge in [0.05, 0.1) is 6.54 Å². The van der Waals surface area contributed by atoms with Crippen LogP contribution in [0.5, 0.6) is 0 Å². The molecule has 0 aliphatic carbocycles. The fourth-order valence-electron chi connectivity index (χ4n) is 2.16. The van der Waals surface area contributed by atoms with E-state index in [1.165, 1.54) is 11.9 Å². The third kappa shape index (κ3) is 7.87. The summed E-state index contributed by atoms with van der Waals surface area (Å²) in [6, 6.07) is 5.34. The molecule has 0 bridgehead atoms. The maximum atomic E-state index is 12.1. The zero-order chi connectivity index (χ0) is 16.8. The summed E-state index contributed by atoms with van der Waals surface area (Å²) in [6.45, 7) is 3.52. The smallest absolute Gasteiger partial charge is 0.338 e. The molecule has 0 heterocycles. The Morgan fingerprint density at radius 1 is 1.18 bits per heavy atom. The molecule has 0 fully saturated rings. The van der Waals surface area contributed by atoms with Crippen molar-refractivity contribution in [2.24, 2.45) is 0 Å². The van der Waals surface area contributed by atoms with Crippen LogP contribution in [-0.4, -0.2) is 43.8 Å². The van der Waals surface area contributed by atoms with Crippen molar-refractivity contribution >= 4 is 11.7 Å². The number of rotatable bonds is 6. The molecule has 0 saturated carbocycles. The van der Waals surface area contributed by atoms with Gasteiger partial charge in [-0.05, 0) is 57.1 Å². The highest BCUT2D eigenvalue weighted by atomic mass is 19.4. The second kappa shape index (κ2) is 8.03. The topological polar surface area (TPSA) is 44.4 Å². The predicted molar refractivity (Wildman–Crippen MR) is 81.1 cm³/mol. The third-order valence-corrected chi connectivity index (χ3v) is 2.93. The molecule has 124 valence electrons. The van der Waals surface area contributed by atoms with Gasteiger partial charge < -0.3 is 10.6 Å². The maximum Gasteiger partial charge on any atom is 0.401 e. The molecule has 4 nitrogen and oxygen atoms in total. The van der Waals surface area contributed by atoms with Crippen LogP contribution >= 0.6 is 0 Å². The molecule has 2 amide bonds. The van der Waals surface area contributed by atoms with E-state index in [2.05, 4.69) is 10.6 Å². The quantitative estimate of drug-likeness (QED) is 0.791. The van der Waals surface area contributed by atoms with Gasteiger partial charge in [-0.3, -0.25) is 4.90 Å². The molecule has 0 spiro atoms. The van der Waals surface area contributed by atoms with E-state index in [9.17, 15) is 18.0 Å². The number of urea groups is 1. The van der Waals surface area contributed by atoms with Crippen LogP contribution in [0.15, 0.2) is 18.2 Å². The van der Waals surface area contributed by atoms with Crippen LogP contribution in [0.25, 0.3) is 0 Å². The van der Waals surface area contributed by atoms with E-state index in [4.69, 9.17) is 0 Å². The summed E-state index contributed by atoms with van der Waals surface area (Å²) < 4.78 is 36.4. The summed E-state index contributed by atoms with van der Waals surface area (Å²) in [7, 11) is 1.41. The SMILES string of the molecule is Cc1cc(C)cc(NC(=O)NCCCN(C)CC(F)(F)F)c1. The molecule has 0 saturated heterocycles. The minimum Gasteiger partial charge on any atom is -0.338 e. The van der Waals surface area contributed by atoms with Gasteiger partial charge in [0.15, 0.2) is 0 Å². The van der Waals surface area contributed by atoms with Crippen LogP contribution in [0, 0.1) is 13.8 Å². The van der Waals surface area contributed by atoms with Crippen LogP contribution in [0.2, 0.25) is 0 Å². The van der Waals surface area contributed by atoms with Gasteiger partial charge in [-0.2, -0.15) is 13.2 Å². The number of nitrogens with one attached hydrogen (secondary N) is 2. The number of anilines is 1. The van der Waals surface area contributed by atoms with E-state index in [1.807, 2.05) is 32.0 Å². The Kier molecular flexibility index (Phi) is 6.67. The lowest BCUT2D eigenvalue weighted by molar-refractivity contribution is -0.143. The number of carbonyl (C=O) groups is 1. The molecule has 1 aromatic rings. The molecule has 2 N–H and O–H groups in total. The van der Waals surface area contributed by atoms with Gasteiger partial charge >= 0.3 is 12.2 Å². The molecular weight excluding hydrogens is 295 g/mol. The molecule has 22 heavy (non-hydrogen) atoms. The summed E-state index contributed by atoms with van der Waals surface area (Å²) in [6.07, 6.45) is -3.74. The largest absolute Gasteiger partial charge is 0.401 e. The summed E-state index contributed by atoms with van der Waals surface area (Å²) in [5.41, 5.74) is 2.79. The number of hydrogen-bond donors (Lipinski definition) is 2. The Morgan fingerprint density at radius 3 is 2.32 bits per heavy atom. The zero-order valence-corrected chi connectivity index (χ0v) is 13.0. The number of nitrogens with zero attached hydrogens (tertiary/aromatic N) is 1. The van der Waals surface area contributed by atoms with Gasteiger partial charge in [0.25, 0.3) is 0 Å². The molecule has 0 aliphatic heterocycles. The second-order valence-electron chi connectivity index (χ2n) is 5.46. The molecule has 0 aromatic heterocycles. The normalized spacial score (nSPS) is 11.6. The summed E-state index contributed by atoms with van der Waals surface area (Å²) >= 11 is 0. The second-order valence-corrected chi connectivity index (χ2v) is 5.46. The first-order valence-corrected chi connectivity index (χ1v) is 7.04. The first-order valence-electron chi connectivity index (χ1n) is 7.04. The van der Waals surface area contributed by atoms with Gasteiger partial charge in [0.2, 0.25) is 0 Å². The van der Waals surface area contributed by atoms with E-state index in [0.717, 1.165) is 11.1 Å². The number of alkyl halides is 3. The van der Waals surface area contributed by atoms with Crippen LogP contribution in [-0.2, 0) is 0 Å². The fourth-order valence-corrected chi connectivity index (χ4v) is 2.16. The Morgan fingerprint density at radius 2 is 1.77 bits per heavy atom. The molecule has 0 atom stereocenters. The Bertz CT molecular complexity index is 483. The average molecular weight is 317 g/mol. The van der Waals surface area contributed by atoms with E-state index >= 15 is 0 Å². The highest BCUT2D eigenvalue weighted by molar-refractivity contribution is 5.89. The minimum atomic E-state index is -4.19. The van der Waals surface area contributed by atoms with E-state index in [1.54, 1.807) is 0 Å². The fraction of sp³-hybridized carbons (Fsp3) is 0.533. The van der Waals surface area contributed by atoms with Crippen LogP contribution < -0.4 is 10.6 Å². The molecule has 0 aliphatic rings. The van der Waals surface area contributed by atoms with Crippen molar-refractivity contribution < 1.29 is 18.0 Å². The monoisotopic (exact) mass is 317 g/mol. The molecule has 7 heteroatoms. The van der Waals surface area contributed by atoms with E-state index in [-0.39, 0.29) is 12.6 Å². The predicted octanol–water partition coefficient (Wildman–Crippen LogP) is 3.31. The number of benzene rings is 1. The van der Waals surface area contributed by atoms with Crippen molar-refractivity contribution in [1.29, 1.82) is 0 Å². The van der Waals surface area contributed by atoms with Crippen molar-refractivity contribution in [3.05, 3.63) is 29.3 Å². The Balaban J connectivity index is 2.26. The summed E-state index contributed by atoms with van der Waals surface area (Å²) in [5.74, 6) is 0. The highest BCUT2D eigenvalue weighted by Gasteiger charge is 2.28. The first kappa shape index (κ1) is 18.3. The van der Waals surface area contributed by atoms with Gasteiger partial charge in [-0.15, -0.1) is 0 Å². The summed E-state index contributed by atoms with van der Waals surface area (Å²) in [4.78, 5) is 12.9. The summed E-state index contributed by atoms with van der Waals surface area (Å²) in [5, 5.41) is 5.34. The number of amides is 2.